The number of halogens is 4. The van der Waals surface area contributed by atoms with Crippen LogP contribution in [-0.4, -0.2) is 30.8 Å². The molecule has 1 aliphatic rings. The lowest BCUT2D eigenvalue weighted by Crippen LogP contribution is -2.41. The first-order valence-electron chi connectivity index (χ1n) is 8.48. The van der Waals surface area contributed by atoms with Gasteiger partial charge in [0.2, 0.25) is 5.91 Å². The molecule has 1 atom stereocenters. The number of hydrogen-bond donors (Lipinski definition) is 2. The number of carbonyl (C=O) groups excluding carboxylic acids is 2. The summed E-state index contributed by atoms with van der Waals surface area (Å²) in [6.07, 6.45) is -4.49. The topological polar surface area (TPSA) is 84.7 Å². The van der Waals surface area contributed by atoms with Gasteiger partial charge in [0.05, 0.1) is 0 Å². The highest BCUT2D eigenvalue weighted by atomic mass is 35.5. The van der Waals surface area contributed by atoms with E-state index in [-0.39, 0.29) is 24.6 Å². The fourth-order valence-corrected chi connectivity index (χ4v) is 3.04. The summed E-state index contributed by atoms with van der Waals surface area (Å²) in [5.41, 5.74) is 7.49. The normalized spacial score (nSPS) is 16.3. The molecule has 6 nitrogen and oxygen atoms in total. The highest BCUT2D eigenvalue weighted by molar-refractivity contribution is 6.04. The van der Waals surface area contributed by atoms with Gasteiger partial charge in [0, 0.05) is 29.5 Å². The lowest BCUT2D eigenvalue weighted by atomic mass is 10.1. The van der Waals surface area contributed by atoms with E-state index >= 15 is 0 Å². The van der Waals surface area contributed by atoms with Crippen LogP contribution < -0.4 is 20.7 Å². The van der Waals surface area contributed by atoms with Gasteiger partial charge in [-0.1, -0.05) is 12.1 Å². The number of anilines is 2. The second-order valence-corrected chi connectivity index (χ2v) is 6.42. The maximum absolute atomic E-state index is 12.6. The number of carbonyl (C=O) groups is 2. The number of benzene rings is 2. The first kappa shape index (κ1) is 22.4. The van der Waals surface area contributed by atoms with Crippen molar-refractivity contribution < 1.29 is 27.5 Å². The summed E-state index contributed by atoms with van der Waals surface area (Å²) in [5, 5.41) is 2.67. The molecule has 1 fully saturated rings. The number of amides is 2. The van der Waals surface area contributed by atoms with Crippen molar-refractivity contribution in [3.8, 4) is 5.75 Å². The van der Waals surface area contributed by atoms with Gasteiger partial charge < -0.3 is 20.7 Å². The molecule has 0 bridgehead atoms. The fraction of sp³-hybridized carbons (Fsp3) is 0.263. The van der Waals surface area contributed by atoms with Crippen LogP contribution in [0.2, 0.25) is 0 Å². The summed E-state index contributed by atoms with van der Waals surface area (Å²) < 4.78 is 41.1. The summed E-state index contributed by atoms with van der Waals surface area (Å²) in [7, 11) is 0. The molecule has 1 saturated heterocycles. The molecule has 0 aromatic heterocycles. The van der Waals surface area contributed by atoms with Crippen molar-refractivity contribution in [2.24, 2.45) is 0 Å². The van der Waals surface area contributed by atoms with Crippen molar-refractivity contribution in [3.05, 3.63) is 53.6 Å². The summed E-state index contributed by atoms with van der Waals surface area (Å²) in [5.74, 6) is -1.25. The van der Waals surface area contributed by atoms with Gasteiger partial charge in [-0.05, 0) is 43.2 Å². The predicted octanol–water partition coefficient (Wildman–Crippen LogP) is 3.43. The molecule has 1 heterocycles. The van der Waals surface area contributed by atoms with Gasteiger partial charge in [-0.15, -0.1) is 25.6 Å². The number of hydrogen-bond acceptors (Lipinski definition) is 4. The third-order valence-electron chi connectivity index (χ3n) is 4.38. The minimum Gasteiger partial charge on any atom is -0.406 e. The van der Waals surface area contributed by atoms with Crippen molar-refractivity contribution in [1.82, 2.24) is 5.32 Å². The lowest BCUT2D eigenvalue weighted by molar-refractivity contribution is -0.274. The van der Waals surface area contributed by atoms with Crippen LogP contribution in [0.15, 0.2) is 42.5 Å². The highest BCUT2D eigenvalue weighted by Gasteiger charge is 2.35. The van der Waals surface area contributed by atoms with E-state index in [1.165, 1.54) is 23.1 Å². The Hall–Kier alpha value is -2.94. The number of rotatable bonds is 4. The smallest absolute Gasteiger partial charge is 0.406 e. The van der Waals surface area contributed by atoms with Crippen molar-refractivity contribution in [2.75, 3.05) is 17.2 Å². The summed E-state index contributed by atoms with van der Waals surface area (Å²) in [4.78, 5) is 26.5. The van der Waals surface area contributed by atoms with Crippen molar-refractivity contribution in [3.63, 3.8) is 0 Å². The Morgan fingerprint density at radius 1 is 1.24 bits per heavy atom. The third-order valence-corrected chi connectivity index (χ3v) is 4.38. The molecule has 0 spiro atoms. The molecule has 2 aromatic carbocycles. The van der Waals surface area contributed by atoms with E-state index in [1.807, 2.05) is 0 Å². The van der Waals surface area contributed by atoms with E-state index in [1.54, 1.807) is 19.1 Å². The van der Waals surface area contributed by atoms with E-state index in [0.29, 0.717) is 23.2 Å². The summed E-state index contributed by atoms with van der Waals surface area (Å²) in [6.45, 7) is 2.01. The zero-order valence-corrected chi connectivity index (χ0v) is 16.1. The standard InChI is InChI=1S/C19H18F3N3O3.ClH/c1-11-5-6-12(23)9-15(11)17(26)24-16-7-8-25(18(16)27)13-3-2-4-14(10-13)28-19(20,21)22;/h2-6,9-10,16H,7-8,23H2,1H3,(H,24,26);1H. The average Bonchev–Trinajstić information content (AvgIpc) is 2.96. The van der Waals surface area contributed by atoms with E-state index in [0.717, 1.165) is 12.1 Å². The minimum absolute atomic E-state index is 0. The van der Waals surface area contributed by atoms with Gasteiger partial charge in [0.1, 0.15) is 11.8 Å². The number of nitrogen functional groups attached to an aromatic ring is 1. The molecule has 2 aromatic rings. The van der Waals surface area contributed by atoms with E-state index < -0.39 is 30.0 Å². The Morgan fingerprint density at radius 3 is 2.66 bits per heavy atom. The Labute approximate surface area is 171 Å². The van der Waals surface area contributed by atoms with Gasteiger partial charge in [-0.2, -0.15) is 0 Å². The minimum atomic E-state index is -4.82. The van der Waals surface area contributed by atoms with Crippen LogP contribution in [0.5, 0.6) is 5.75 Å². The number of ether oxygens (including phenoxy) is 1. The lowest BCUT2D eigenvalue weighted by Gasteiger charge is -2.19. The van der Waals surface area contributed by atoms with E-state index in [9.17, 15) is 22.8 Å². The van der Waals surface area contributed by atoms with Crippen LogP contribution in [0.3, 0.4) is 0 Å². The molecule has 29 heavy (non-hydrogen) atoms. The Balaban J connectivity index is 0.00000300. The van der Waals surface area contributed by atoms with Crippen LogP contribution in [0.1, 0.15) is 22.3 Å². The van der Waals surface area contributed by atoms with Crippen LogP contribution >= 0.6 is 12.4 Å². The average molecular weight is 430 g/mol. The highest BCUT2D eigenvalue weighted by Crippen LogP contribution is 2.29. The quantitative estimate of drug-likeness (QED) is 0.729. The van der Waals surface area contributed by atoms with Crippen molar-refractivity contribution in [1.29, 1.82) is 0 Å². The first-order valence-corrected chi connectivity index (χ1v) is 8.48. The molecular formula is C19H19ClF3N3O3. The molecule has 0 radical (unpaired) electrons. The first-order chi connectivity index (χ1) is 13.1. The number of nitrogens with one attached hydrogen (secondary N) is 1. The summed E-state index contributed by atoms with van der Waals surface area (Å²) in [6, 6.07) is 9.29. The fourth-order valence-electron chi connectivity index (χ4n) is 3.04. The summed E-state index contributed by atoms with van der Waals surface area (Å²) >= 11 is 0. The van der Waals surface area contributed by atoms with Crippen LogP contribution in [-0.2, 0) is 4.79 Å². The molecular weight excluding hydrogens is 411 g/mol. The van der Waals surface area contributed by atoms with Gasteiger partial charge in [-0.25, -0.2) is 0 Å². The van der Waals surface area contributed by atoms with E-state index in [4.69, 9.17) is 5.73 Å². The molecule has 0 saturated carbocycles. The Bertz CT molecular complexity index is 921. The zero-order chi connectivity index (χ0) is 20.5. The second kappa shape index (κ2) is 8.60. The molecule has 1 aliphatic heterocycles. The molecule has 3 rings (SSSR count). The molecule has 2 amide bonds. The molecule has 1 unspecified atom stereocenters. The van der Waals surface area contributed by atoms with Crippen LogP contribution in [0.25, 0.3) is 0 Å². The van der Waals surface area contributed by atoms with Crippen molar-refractivity contribution >= 4 is 35.6 Å². The SMILES string of the molecule is Cc1ccc(N)cc1C(=O)NC1CCN(c2cccc(OC(F)(F)F)c2)C1=O.Cl. The van der Waals surface area contributed by atoms with Gasteiger partial charge in [-0.3, -0.25) is 9.59 Å². The Kier molecular flexibility index (Phi) is 6.63. The van der Waals surface area contributed by atoms with Gasteiger partial charge in [0.15, 0.2) is 0 Å². The molecule has 10 heteroatoms. The second-order valence-electron chi connectivity index (χ2n) is 6.42. The molecule has 156 valence electrons. The largest absolute Gasteiger partial charge is 0.573 e. The molecule has 0 aliphatic carbocycles. The monoisotopic (exact) mass is 429 g/mol. The van der Waals surface area contributed by atoms with Gasteiger partial charge in [0.25, 0.3) is 5.91 Å². The van der Waals surface area contributed by atoms with E-state index in [2.05, 4.69) is 10.1 Å². The number of alkyl halides is 3. The number of nitrogens with two attached hydrogens (primary N) is 1. The number of aryl methyl sites for hydroxylation is 1. The van der Waals surface area contributed by atoms with Crippen LogP contribution in [0.4, 0.5) is 24.5 Å². The zero-order valence-electron chi connectivity index (χ0n) is 15.3. The maximum Gasteiger partial charge on any atom is 0.573 e. The molecule has 3 N–H and O–H groups in total. The van der Waals surface area contributed by atoms with Crippen molar-refractivity contribution in [2.45, 2.75) is 25.7 Å². The predicted molar refractivity (Wildman–Crippen MR) is 104 cm³/mol. The van der Waals surface area contributed by atoms with Gasteiger partial charge >= 0.3 is 6.36 Å². The third kappa shape index (κ3) is 5.32. The number of nitrogens with zero attached hydrogens (tertiary/aromatic N) is 1. The maximum atomic E-state index is 12.6. The van der Waals surface area contributed by atoms with Crippen LogP contribution in [0, 0.1) is 6.92 Å². The Morgan fingerprint density at radius 2 is 1.97 bits per heavy atom.